The summed E-state index contributed by atoms with van der Waals surface area (Å²) in [6.45, 7) is 2.22. The van der Waals surface area contributed by atoms with Crippen molar-refractivity contribution in [1.82, 2.24) is 4.98 Å². The first-order chi connectivity index (χ1) is 9.13. The number of rotatable bonds is 2. The van der Waals surface area contributed by atoms with Crippen molar-refractivity contribution >= 4 is 27.6 Å². The topological polar surface area (TPSA) is 69.1 Å². The zero-order valence-electron chi connectivity index (χ0n) is 11.0. The van der Waals surface area contributed by atoms with Gasteiger partial charge in [0.2, 0.25) is 0 Å². The second kappa shape index (κ2) is 4.96. The molecule has 1 aromatic carbocycles. The minimum Gasteiger partial charge on any atom is -0.430 e. The van der Waals surface area contributed by atoms with Crippen LogP contribution in [-0.2, 0) is 10.8 Å². The standard InChI is InChI=1S/C14H18N2O2S/c1-9-3-2-4-11(7-9)19(17)14-16-12-8-10(15)5-6-13(12)18-14/h5-6,8-9,11H,2-4,7,15H2,1H3. The summed E-state index contributed by atoms with van der Waals surface area (Å²) >= 11 is 0. The van der Waals surface area contributed by atoms with Crippen molar-refractivity contribution in [1.29, 1.82) is 0 Å². The van der Waals surface area contributed by atoms with E-state index < -0.39 is 10.8 Å². The second-order valence-corrected chi connectivity index (χ2v) is 7.01. The highest BCUT2D eigenvalue weighted by Gasteiger charge is 2.27. The molecule has 3 unspecified atom stereocenters. The van der Waals surface area contributed by atoms with Crippen LogP contribution in [-0.4, -0.2) is 14.4 Å². The fraction of sp³-hybridized carbons (Fsp3) is 0.500. The first-order valence-electron chi connectivity index (χ1n) is 6.70. The molecule has 0 saturated heterocycles. The Labute approximate surface area is 114 Å². The second-order valence-electron chi connectivity index (χ2n) is 5.40. The maximum Gasteiger partial charge on any atom is 0.288 e. The number of nitrogens with zero attached hydrogens (tertiary/aromatic N) is 1. The highest BCUT2D eigenvalue weighted by molar-refractivity contribution is 7.85. The van der Waals surface area contributed by atoms with Gasteiger partial charge in [0, 0.05) is 10.9 Å². The zero-order valence-corrected chi connectivity index (χ0v) is 11.8. The van der Waals surface area contributed by atoms with Gasteiger partial charge in [-0.25, -0.2) is 9.19 Å². The lowest BCUT2D eigenvalue weighted by molar-refractivity contribution is 0.383. The summed E-state index contributed by atoms with van der Waals surface area (Å²) in [4.78, 5) is 4.33. The predicted octanol–water partition coefficient (Wildman–Crippen LogP) is 3.10. The third kappa shape index (κ3) is 2.52. The minimum absolute atomic E-state index is 0.175. The van der Waals surface area contributed by atoms with Crippen molar-refractivity contribution in [2.45, 2.75) is 43.1 Å². The van der Waals surface area contributed by atoms with Crippen molar-refractivity contribution in [3.8, 4) is 0 Å². The molecule has 3 atom stereocenters. The normalized spacial score (nSPS) is 25.5. The van der Waals surface area contributed by atoms with E-state index in [9.17, 15) is 4.21 Å². The number of benzene rings is 1. The quantitative estimate of drug-likeness (QED) is 0.857. The molecule has 0 aliphatic heterocycles. The van der Waals surface area contributed by atoms with Gasteiger partial charge in [0.05, 0.1) is 0 Å². The first kappa shape index (κ1) is 12.7. The van der Waals surface area contributed by atoms with Crippen LogP contribution in [0, 0.1) is 5.92 Å². The summed E-state index contributed by atoms with van der Waals surface area (Å²) in [5.74, 6) is 0.641. The Morgan fingerprint density at radius 2 is 2.26 bits per heavy atom. The van der Waals surface area contributed by atoms with E-state index in [1.807, 2.05) is 0 Å². The van der Waals surface area contributed by atoms with Crippen molar-refractivity contribution in [3.63, 3.8) is 0 Å². The number of nitrogen functional groups attached to an aromatic ring is 1. The molecule has 3 rings (SSSR count). The zero-order chi connectivity index (χ0) is 13.4. The van der Waals surface area contributed by atoms with E-state index in [-0.39, 0.29) is 5.25 Å². The molecular weight excluding hydrogens is 260 g/mol. The van der Waals surface area contributed by atoms with Crippen LogP contribution in [0.15, 0.2) is 27.8 Å². The predicted molar refractivity (Wildman–Crippen MR) is 76.2 cm³/mol. The molecule has 2 aromatic rings. The molecule has 19 heavy (non-hydrogen) atoms. The van der Waals surface area contributed by atoms with Crippen molar-refractivity contribution in [2.75, 3.05) is 5.73 Å². The number of hydrogen-bond donors (Lipinski definition) is 1. The lowest BCUT2D eigenvalue weighted by Crippen LogP contribution is -2.23. The SMILES string of the molecule is CC1CCCC(S(=O)c2nc3cc(N)ccc3o2)C1. The molecule has 1 heterocycles. The van der Waals surface area contributed by atoms with Crippen LogP contribution in [0.25, 0.3) is 11.1 Å². The highest BCUT2D eigenvalue weighted by atomic mass is 32.2. The van der Waals surface area contributed by atoms with Gasteiger partial charge in [-0.2, -0.15) is 0 Å². The largest absolute Gasteiger partial charge is 0.430 e. The van der Waals surface area contributed by atoms with E-state index in [4.69, 9.17) is 10.2 Å². The third-order valence-electron chi connectivity index (χ3n) is 3.76. The molecule has 0 spiro atoms. The van der Waals surface area contributed by atoms with Gasteiger partial charge in [0.1, 0.15) is 16.3 Å². The lowest BCUT2D eigenvalue weighted by Gasteiger charge is -2.24. The van der Waals surface area contributed by atoms with Gasteiger partial charge in [-0.15, -0.1) is 0 Å². The number of hydrogen-bond acceptors (Lipinski definition) is 4. The van der Waals surface area contributed by atoms with Crippen LogP contribution in [0.3, 0.4) is 0 Å². The maximum absolute atomic E-state index is 12.5. The van der Waals surface area contributed by atoms with Gasteiger partial charge in [0.15, 0.2) is 5.58 Å². The summed E-state index contributed by atoms with van der Waals surface area (Å²) in [7, 11) is -1.15. The molecule has 102 valence electrons. The van der Waals surface area contributed by atoms with Gasteiger partial charge in [0.25, 0.3) is 5.22 Å². The number of anilines is 1. The molecule has 2 N–H and O–H groups in total. The molecular formula is C14H18N2O2S. The van der Waals surface area contributed by atoms with Crippen LogP contribution >= 0.6 is 0 Å². The molecule has 1 saturated carbocycles. The van der Waals surface area contributed by atoms with Crippen molar-refractivity contribution in [2.24, 2.45) is 5.92 Å². The maximum atomic E-state index is 12.5. The Kier molecular flexibility index (Phi) is 3.31. The molecule has 0 amide bonds. The number of fused-ring (bicyclic) bond motifs is 1. The molecule has 5 heteroatoms. The number of oxazole rings is 1. The molecule has 1 aliphatic carbocycles. The smallest absolute Gasteiger partial charge is 0.288 e. The molecule has 1 aliphatic rings. The molecule has 0 radical (unpaired) electrons. The summed E-state index contributed by atoms with van der Waals surface area (Å²) < 4.78 is 18.1. The van der Waals surface area contributed by atoms with Crippen LogP contribution < -0.4 is 5.73 Å². The molecule has 1 fully saturated rings. The first-order valence-corrected chi connectivity index (χ1v) is 7.91. The summed E-state index contributed by atoms with van der Waals surface area (Å²) in [6.07, 6.45) is 4.37. The lowest BCUT2D eigenvalue weighted by atomic mass is 9.91. The molecule has 4 nitrogen and oxygen atoms in total. The van der Waals surface area contributed by atoms with Gasteiger partial charge in [-0.1, -0.05) is 19.8 Å². The Morgan fingerprint density at radius 1 is 1.42 bits per heavy atom. The van der Waals surface area contributed by atoms with Crippen molar-refractivity contribution < 1.29 is 8.63 Å². The fourth-order valence-electron chi connectivity index (χ4n) is 2.72. The fourth-order valence-corrected chi connectivity index (χ4v) is 4.25. The van der Waals surface area contributed by atoms with Crippen LogP contribution in [0.5, 0.6) is 0 Å². The van der Waals surface area contributed by atoms with E-state index in [2.05, 4.69) is 11.9 Å². The van der Waals surface area contributed by atoms with Gasteiger partial charge < -0.3 is 10.2 Å². The Morgan fingerprint density at radius 3 is 3.05 bits per heavy atom. The Hall–Kier alpha value is -1.36. The average Bonchev–Trinajstić information content (AvgIpc) is 2.80. The monoisotopic (exact) mass is 278 g/mol. The minimum atomic E-state index is -1.15. The van der Waals surface area contributed by atoms with Gasteiger partial charge >= 0.3 is 0 Å². The Bertz CT molecular complexity index is 623. The summed E-state index contributed by atoms with van der Waals surface area (Å²) in [5, 5.41) is 0.522. The number of nitrogens with two attached hydrogens (primary N) is 1. The van der Waals surface area contributed by atoms with Crippen molar-refractivity contribution in [3.05, 3.63) is 18.2 Å². The van der Waals surface area contributed by atoms with Crippen LogP contribution in [0.1, 0.15) is 32.6 Å². The summed E-state index contributed by atoms with van der Waals surface area (Å²) in [6, 6.07) is 5.30. The van der Waals surface area contributed by atoms with E-state index in [0.717, 1.165) is 19.3 Å². The van der Waals surface area contributed by atoms with Crippen LogP contribution in [0.4, 0.5) is 5.69 Å². The van der Waals surface area contributed by atoms with Crippen LogP contribution in [0.2, 0.25) is 0 Å². The Balaban J connectivity index is 1.88. The average molecular weight is 278 g/mol. The van der Waals surface area contributed by atoms with E-state index in [1.165, 1.54) is 6.42 Å². The molecule has 0 bridgehead atoms. The number of aromatic nitrogens is 1. The van der Waals surface area contributed by atoms with E-state index in [0.29, 0.717) is 27.9 Å². The van der Waals surface area contributed by atoms with Gasteiger partial charge in [-0.05, 0) is 37.0 Å². The van der Waals surface area contributed by atoms with E-state index >= 15 is 0 Å². The highest BCUT2D eigenvalue weighted by Crippen LogP contribution is 2.30. The molecule has 1 aromatic heterocycles. The third-order valence-corrected chi connectivity index (χ3v) is 5.31. The van der Waals surface area contributed by atoms with Gasteiger partial charge in [-0.3, -0.25) is 0 Å². The summed E-state index contributed by atoms with van der Waals surface area (Å²) in [5.41, 5.74) is 7.70. The van der Waals surface area contributed by atoms with E-state index in [1.54, 1.807) is 18.2 Å².